The van der Waals surface area contributed by atoms with Crippen LogP contribution in [0.1, 0.15) is 19.2 Å². The van der Waals surface area contributed by atoms with Crippen LogP contribution in [0.4, 0.5) is 17.1 Å². The zero-order valence-electron chi connectivity index (χ0n) is 40.3. The second kappa shape index (κ2) is 11.9. The van der Waals surface area contributed by atoms with Gasteiger partial charge in [-0.1, -0.05) is 90.8 Å². The Morgan fingerprint density at radius 1 is 0.431 bits per heavy atom. The number of benzene rings is 8. The number of aromatic nitrogens is 2. The van der Waals surface area contributed by atoms with Crippen molar-refractivity contribution < 1.29 is 28.0 Å². The third-order valence-electron chi connectivity index (χ3n) is 8.33. The van der Waals surface area contributed by atoms with E-state index in [1.54, 1.807) is 72.8 Å². The standard InChI is InChI=1S/C46H29N3O2/c1-3-10-31(11-4-1)45-47-41-23-21-39(28-43(41)50-45)49(40-22-24-42-44(29-40)51-46(48-42)32-12-5-2-6-13-32)38-20-19-36-26-35(17-18-37(36)27-38)34-16-15-30-9-7-8-14-33(30)25-34/h1-29H/i7D,8D,9D,14D,15D,16D,18D,21D,22D,23D,24D,25D,28D,29D. The molecule has 10 aromatic rings. The van der Waals surface area contributed by atoms with Crippen LogP contribution in [0.3, 0.4) is 0 Å². The fraction of sp³-hybridized carbons (Fsp3) is 0. The summed E-state index contributed by atoms with van der Waals surface area (Å²) < 4.78 is 137. The van der Waals surface area contributed by atoms with Gasteiger partial charge in [0.05, 0.1) is 19.2 Å². The van der Waals surface area contributed by atoms with Crippen LogP contribution >= 0.6 is 0 Å². The summed E-state index contributed by atoms with van der Waals surface area (Å²) in [7, 11) is 0. The highest BCUT2D eigenvalue weighted by Gasteiger charge is 2.18. The molecular weight excluding hydrogens is 627 g/mol. The molecule has 2 heterocycles. The monoisotopic (exact) mass is 669 g/mol. The molecule has 0 bridgehead atoms. The summed E-state index contributed by atoms with van der Waals surface area (Å²) >= 11 is 0. The first kappa shape index (κ1) is 18.1. The summed E-state index contributed by atoms with van der Waals surface area (Å²) in [4.78, 5) is 10.2. The second-order valence-electron chi connectivity index (χ2n) is 11.6. The fourth-order valence-corrected chi connectivity index (χ4v) is 5.86. The molecule has 0 saturated carbocycles. The molecule has 5 heteroatoms. The molecule has 240 valence electrons. The lowest BCUT2D eigenvalue weighted by Crippen LogP contribution is -2.09. The van der Waals surface area contributed by atoms with Crippen LogP contribution in [0.25, 0.3) is 77.8 Å². The summed E-state index contributed by atoms with van der Waals surface area (Å²) in [5.41, 5.74) is 0.191. The minimum absolute atomic E-state index is 0.0683. The molecule has 0 unspecified atom stereocenters. The average Bonchev–Trinajstić information content (AvgIpc) is 3.97. The zero-order chi connectivity index (χ0) is 45.9. The van der Waals surface area contributed by atoms with Gasteiger partial charge in [-0.2, -0.15) is 0 Å². The highest BCUT2D eigenvalue weighted by molar-refractivity contribution is 5.95. The maximum Gasteiger partial charge on any atom is 0.227 e. The van der Waals surface area contributed by atoms with E-state index in [4.69, 9.17) is 21.2 Å². The van der Waals surface area contributed by atoms with Gasteiger partial charge in [0.2, 0.25) is 11.8 Å². The molecule has 2 aromatic heterocycles. The van der Waals surface area contributed by atoms with E-state index in [2.05, 4.69) is 9.97 Å². The van der Waals surface area contributed by atoms with E-state index < -0.39 is 78.6 Å². The molecule has 8 aromatic carbocycles. The van der Waals surface area contributed by atoms with Gasteiger partial charge in [-0.25, -0.2) is 9.97 Å². The predicted octanol–water partition coefficient (Wildman–Crippen LogP) is 12.7. The molecule has 0 aliphatic carbocycles. The van der Waals surface area contributed by atoms with Crippen molar-refractivity contribution in [2.45, 2.75) is 0 Å². The average molecular weight is 670 g/mol. The normalized spacial score (nSPS) is 15.4. The fourth-order valence-electron chi connectivity index (χ4n) is 5.86. The van der Waals surface area contributed by atoms with Crippen LogP contribution in [0.5, 0.6) is 0 Å². The van der Waals surface area contributed by atoms with E-state index in [0.29, 0.717) is 16.5 Å². The summed E-state index contributed by atoms with van der Waals surface area (Å²) in [6.45, 7) is 0. The number of oxazole rings is 2. The first-order valence-electron chi connectivity index (χ1n) is 22.8. The van der Waals surface area contributed by atoms with Crippen LogP contribution < -0.4 is 4.90 Å². The molecule has 0 radical (unpaired) electrons. The maximum absolute atomic E-state index is 9.53. The quantitative estimate of drug-likeness (QED) is 0.176. The molecule has 51 heavy (non-hydrogen) atoms. The number of anilines is 3. The van der Waals surface area contributed by atoms with E-state index >= 15 is 0 Å². The Bertz CT molecular complexity index is 3540. The smallest absolute Gasteiger partial charge is 0.227 e. The number of nitrogens with zero attached hydrogens (tertiary/aromatic N) is 3. The van der Waals surface area contributed by atoms with Gasteiger partial charge < -0.3 is 13.7 Å². The van der Waals surface area contributed by atoms with Crippen molar-refractivity contribution in [3.63, 3.8) is 0 Å². The molecule has 0 aliphatic heterocycles. The van der Waals surface area contributed by atoms with Crippen molar-refractivity contribution in [1.82, 2.24) is 9.97 Å². The number of rotatable bonds is 6. The van der Waals surface area contributed by atoms with Gasteiger partial charge in [0, 0.05) is 40.3 Å². The largest absolute Gasteiger partial charge is 0.436 e. The third-order valence-corrected chi connectivity index (χ3v) is 8.33. The molecule has 0 spiro atoms. The SMILES string of the molecule is [2H]c1c(N(c2ccc3cc(-c4c([2H])c([2H])c5c([2H])c([2H])c([2H])c([2H])c5c4[2H])cc([2H])c3c2)c2c([2H])c([2H])c3nc(-c4ccccc4)oc3c2[2H])c([2H])c2oc(-c3ccccc3)nc2c1[2H]. The third kappa shape index (κ3) is 5.29. The molecule has 0 atom stereocenters. The van der Waals surface area contributed by atoms with E-state index in [0.717, 1.165) is 0 Å². The zero-order valence-corrected chi connectivity index (χ0v) is 26.3. The second-order valence-corrected chi connectivity index (χ2v) is 11.6. The van der Waals surface area contributed by atoms with E-state index in [1.165, 1.54) is 23.1 Å². The van der Waals surface area contributed by atoms with E-state index in [1.807, 2.05) is 0 Å². The van der Waals surface area contributed by atoms with Gasteiger partial charge in [0.25, 0.3) is 0 Å². The Morgan fingerprint density at radius 3 is 1.71 bits per heavy atom. The Kier molecular flexibility index (Phi) is 4.22. The molecule has 10 rings (SSSR count). The number of hydrogen-bond acceptors (Lipinski definition) is 5. The van der Waals surface area contributed by atoms with Gasteiger partial charge >= 0.3 is 0 Å². The highest BCUT2D eigenvalue weighted by atomic mass is 16.4. The summed E-state index contributed by atoms with van der Waals surface area (Å²) in [6, 6.07) is 18.6. The summed E-state index contributed by atoms with van der Waals surface area (Å²) in [5.74, 6) is 0.184. The first-order valence-corrected chi connectivity index (χ1v) is 15.8. The Hall–Kier alpha value is -6.98. The molecule has 0 aliphatic rings. The van der Waals surface area contributed by atoms with Gasteiger partial charge in [0.1, 0.15) is 11.0 Å². The molecule has 0 fully saturated rings. The van der Waals surface area contributed by atoms with Gasteiger partial charge in [-0.05, 0) is 105 Å². The lowest BCUT2D eigenvalue weighted by atomic mass is 9.98. The van der Waals surface area contributed by atoms with Gasteiger partial charge in [-0.3, -0.25) is 0 Å². The van der Waals surface area contributed by atoms with Crippen molar-refractivity contribution in [2.24, 2.45) is 0 Å². The lowest BCUT2D eigenvalue weighted by Gasteiger charge is -2.25. The van der Waals surface area contributed by atoms with Crippen molar-refractivity contribution >= 4 is 60.8 Å². The molecular formula is C46H29N3O2. The van der Waals surface area contributed by atoms with Gasteiger partial charge in [0.15, 0.2) is 11.2 Å². The molecule has 0 amide bonds. The Morgan fingerprint density at radius 2 is 1.06 bits per heavy atom. The maximum atomic E-state index is 9.53. The lowest BCUT2D eigenvalue weighted by molar-refractivity contribution is 0.620. The predicted molar refractivity (Wildman–Crippen MR) is 208 cm³/mol. The van der Waals surface area contributed by atoms with Crippen LogP contribution in [-0.2, 0) is 0 Å². The highest BCUT2D eigenvalue weighted by Crippen LogP contribution is 2.40. The van der Waals surface area contributed by atoms with Crippen molar-refractivity contribution in [2.75, 3.05) is 4.90 Å². The van der Waals surface area contributed by atoms with Crippen LogP contribution in [-0.4, -0.2) is 9.97 Å². The van der Waals surface area contributed by atoms with Crippen LogP contribution in [0.15, 0.2) is 184 Å². The summed E-state index contributed by atoms with van der Waals surface area (Å²) in [5, 5.41) is 0.129. The first-order chi connectivity index (χ1) is 31.1. The van der Waals surface area contributed by atoms with Crippen molar-refractivity contribution in [1.29, 1.82) is 0 Å². The van der Waals surface area contributed by atoms with Crippen LogP contribution in [0, 0.1) is 0 Å². The minimum atomic E-state index is -0.595. The Labute approximate surface area is 313 Å². The summed E-state index contributed by atoms with van der Waals surface area (Å²) in [6.07, 6.45) is 0. The molecule has 0 saturated heterocycles. The van der Waals surface area contributed by atoms with E-state index in [9.17, 15) is 6.85 Å². The topological polar surface area (TPSA) is 55.3 Å². The molecule has 0 N–H and O–H groups in total. The van der Waals surface area contributed by atoms with Crippen molar-refractivity contribution in [3.05, 3.63) is 176 Å². The van der Waals surface area contributed by atoms with Crippen molar-refractivity contribution in [3.8, 4) is 34.0 Å². The Balaban J connectivity index is 1.22. The van der Waals surface area contributed by atoms with Gasteiger partial charge in [-0.15, -0.1) is 0 Å². The number of fused-ring (bicyclic) bond motifs is 4. The van der Waals surface area contributed by atoms with E-state index in [-0.39, 0.29) is 84.4 Å². The van der Waals surface area contributed by atoms with Crippen LogP contribution in [0.2, 0.25) is 0 Å². The minimum Gasteiger partial charge on any atom is -0.436 e. The molecule has 5 nitrogen and oxygen atoms in total. The number of hydrogen-bond donors (Lipinski definition) is 0.